The zero-order chi connectivity index (χ0) is 16.5. The predicted molar refractivity (Wildman–Crippen MR) is 83.5 cm³/mol. The lowest BCUT2D eigenvalue weighted by Crippen LogP contribution is -2.36. The summed E-state index contributed by atoms with van der Waals surface area (Å²) in [7, 11) is 0. The van der Waals surface area contributed by atoms with Crippen LogP contribution in [-0.2, 0) is 14.3 Å². The van der Waals surface area contributed by atoms with E-state index in [1.807, 2.05) is 13.8 Å². The van der Waals surface area contributed by atoms with E-state index >= 15 is 0 Å². The number of esters is 1. The van der Waals surface area contributed by atoms with Crippen molar-refractivity contribution >= 4 is 23.5 Å². The van der Waals surface area contributed by atoms with Gasteiger partial charge in [0.15, 0.2) is 0 Å². The van der Waals surface area contributed by atoms with Gasteiger partial charge in [0, 0.05) is 6.54 Å². The maximum absolute atomic E-state index is 11.8. The number of carbonyl (C=O) groups is 3. The Hall–Kier alpha value is -2.37. The van der Waals surface area contributed by atoms with Crippen LogP contribution in [0.4, 0.5) is 5.69 Å². The van der Waals surface area contributed by atoms with E-state index in [0.29, 0.717) is 12.5 Å². The van der Waals surface area contributed by atoms with E-state index in [1.165, 1.54) is 6.07 Å². The molecule has 0 heterocycles. The number of rotatable bonds is 6. The number of ether oxygens (including phenoxy) is 1. The van der Waals surface area contributed by atoms with Crippen LogP contribution in [0, 0.1) is 5.92 Å². The van der Waals surface area contributed by atoms with Crippen LogP contribution in [0.15, 0.2) is 24.3 Å². The van der Waals surface area contributed by atoms with E-state index in [0.717, 1.165) is 6.42 Å². The highest BCUT2D eigenvalue weighted by molar-refractivity contribution is 6.40. The molecular formula is C16H22N2O4. The molecule has 1 aromatic carbocycles. The molecule has 0 aromatic heterocycles. The molecule has 0 saturated carbocycles. The third kappa shape index (κ3) is 5.55. The molecule has 0 fully saturated rings. The Kier molecular flexibility index (Phi) is 7.08. The monoisotopic (exact) mass is 306 g/mol. The standard InChI is InChI=1S/C16H22N2O4/c1-4-22-16(21)12-7-5-6-8-13(12)18-15(20)14(19)17-10-9-11(2)3/h5-8,11H,4,9-10H2,1-3H3,(H,17,19)(H,18,20). The lowest BCUT2D eigenvalue weighted by Gasteiger charge is -2.10. The highest BCUT2D eigenvalue weighted by Gasteiger charge is 2.18. The number of anilines is 1. The Morgan fingerprint density at radius 2 is 1.82 bits per heavy atom. The second-order valence-electron chi connectivity index (χ2n) is 5.16. The summed E-state index contributed by atoms with van der Waals surface area (Å²) in [5, 5.41) is 4.98. The molecule has 0 aliphatic carbocycles. The van der Waals surface area contributed by atoms with Crippen LogP contribution >= 0.6 is 0 Å². The highest BCUT2D eigenvalue weighted by atomic mass is 16.5. The minimum atomic E-state index is -0.805. The van der Waals surface area contributed by atoms with Gasteiger partial charge in [0.1, 0.15) is 0 Å². The van der Waals surface area contributed by atoms with Gasteiger partial charge in [0.25, 0.3) is 0 Å². The molecule has 2 N–H and O–H groups in total. The van der Waals surface area contributed by atoms with Crippen molar-refractivity contribution in [2.24, 2.45) is 5.92 Å². The van der Waals surface area contributed by atoms with Gasteiger partial charge < -0.3 is 15.4 Å². The largest absolute Gasteiger partial charge is 0.462 e. The number of nitrogens with one attached hydrogen (secondary N) is 2. The van der Waals surface area contributed by atoms with Gasteiger partial charge in [0.05, 0.1) is 17.9 Å². The second kappa shape index (κ2) is 8.81. The molecule has 0 aliphatic rings. The first-order chi connectivity index (χ1) is 10.5. The van der Waals surface area contributed by atoms with E-state index < -0.39 is 17.8 Å². The maximum Gasteiger partial charge on any atom is 0.340 e. The predicted octanol–water partition coefficient (Wildman–Crippen LogP) is 1.96. The molecule has 0 atom stereocenters. The molecule has 2 amide bonds. The molecule has 0 bridgehead atoms. The first-order valence-electron chi connectivity index (χ1n) is 7.31. The Morgan fingerprint density at radius 3 is 2.45 bits per heavy atom. The number of hydrogen-bond acceptors (Lipinski definition) is 4. The minimum absolute atomic E-state index is 0.215. The second-order valence-corrected chi connectivity index (χ2v) is 5.16. The van der Waals surface area contributed by atoms with Crippen LogP contribution in [0.2, 0.25) is 0 Å². The molecule has 0 unspecified atom stereocenters. The smallest absolute Gasteiger partial charge is 0.340 e. The lowest BCUT2D eigenvalue weighted by atomic mass is 10.1. The van der Waals surface area contributed by atoms with Crippen molar-refractivity contribution in [3.05, 3.63) is 29.8 Å². The average Bonchev–Trinajstić information content (AvgIpc) is 2.47. The van der Waals surface area contributed by atoms with Crippen molar-refractivity contribution in [3.8, 4) is 0 Å². The van der Waals surface area contributed by atoms with Crippen molar-refractivity contribution in [2.75, 3.05) is 18.5 Å². The topological polar surface area (TPSA) is 84.5 Å². The van der Waals surface area contributed by atoms with Crippen LogP contribution in [0.1, 0.15) is 37.6 Å². The molecular weight excluding hydrogens is 284 g/mol. The van der Waals surface area contributed by atoms with Crippen molar-refractivity contribution in [3.63, 3.8) is 0 Å². The average molecular weight is 306 g/mol. The zero-order valence-electron chi connectivity index (χ0n) is 13.1. The first-order valence-corrected chi connectivity index (χ1v) is 7.31. The van der Waals surface area contributed by atoms with Crippen molar-refractivity contribution in [1.29, 1.82) is 0 Å². The SMILES string of the molecule is CCOC(=O)c1ccccc1NC(=O)C(=O)NCCC(C)C. The number of hydrogen-bond donors (Lipinski definition) is 2. The van der Waals surface area contributed by atoms with Crippen LogP contribution in [0.3, 0.4) is 0 Å². The van der Waals surface area contributed by atoms with Gasteiger partial charge in [-0.15, -0.1) is 0 Å². The summed E-state index contributed by atoms with van der Waals surface area (Å²) in [6.07, 6.45) is 0.790. The zero-order valence-corrected chi connectivity index (χ0v) is 13.1. The fourth-order valence-corrected chi connectivity index (χ4v) is 1.71. The lowest BCUT2D eigenvalue weighted by molar-refractivity contribution is -0.136. The molecule has 1 aromatic rings. The quantitative estimate of drug-likeness (QED) is 0.621. The summed E-state index contributed by atoms with van der Waals surface area (Å²) in [5.41, 5.74) is 0.470. The van der Waals surface area contributed by atoms with Crippen molar-refractivity contribution in [1.82, 2.24) is 5.32 Å². The van der Waals surface area contributed by atoms with E-state index in [9.17, 15) is 14.4 Å². The fraction of sp³-hybridized carbons (Fsp3) is 0.438. The van der Waals surface area contributed by atoms with Crippen molar-refractivity contribution < 1.29 is 19.1 Å². The molecule has 0 aliphatic heterocycles. The van der Waals surface area contributed by atoms with Gasteiger partial charge >= 0.3 is 17.8 Å². The number of amides is 2. The third-order valence-corrected chi connectivity index (χ3v) is 2.88. The summed E-state index contributed by atoms with van der Waals surface area (Å²) in [5.74, 6) is -1.63. The maximum atomic E-state index is 11.8. The summed E-state index contributed by atoms with van der Waals surface area (Å²) in [6.45, 7) is 6.42. The van der Waals surface area contributed by atoms with Crippen LogP contribution in [0.5, 0.6) is 0 Å². The highest BCUT2D eigenvalue weighted by Crippen LogP contribution is 2.16. The van der Waals surface area contributed by atoms with E-state index in [4.69, 9.17) is 4.74 Å². The van der Waals surface area contributed by atoms with Crippen molar-refractivity contribution in [2.45, 2.75) is 27.2 Å². The van der Waals surface area contributed by atoms with E-state index in [-0.39, 0.29) is 17.9 Å². The van der Waals surface area contributed by atoms with Gasteiger partial charge in [-0.2, -0.15) is 0 Å². The van der Waals surface area contributed by atoms with E-state index in [1.54, 1.807) is 25.1 Å². The van der Waals surface area contributed by atoms with Gasteiger partial charge in [-0.25, -0.2) is 4.79 Å². The number of carbonyl (C=O) groups excluding carboxylic acids is 3. The Morgan fingerprint density at radius 1 is 1.14 bits per heavy atom. The first kappa shape index (κ1) is 17.7. The van der Waals surface area contributed by atoms with Gasteiger partial charge in [-0.05, 0) is 31.4 Å². The van der Waals surface area contributed by atoms with Crippen LogP contribution in [-0.4, -0.2) is 30.9 Å². The summed E-state index contributed by atoms with van der Waals surface area (Å²) in [6, 6.07) is 6.40. The molecule has 0 spiro atoms. The molecule has 6 nitrogen and oxygen atoms in total. The molecule has 22 heavy (non-hydrogen) atoms. The number of benzene rings is 1. The normalized spacial score (nSPS) is 10.2. The minimum Gasteiger partial charge on any atom is -0.462 e. The Bertz CT molecular complexity index is 541. The summed E-state index contributed by atoms with van der Waals surface area (Å²) in [4.78, 5) is 35.3. The summed E-state index contributed by atoms with van der Waals surface area (Å²) < 4.78 is 4.91. The Balaban J connectivity index is 2.68. The third-order valence-electron chi connectivity index (χ3n) is 2.88. The van der Waals surface area contributed by atoms with Crippen LogP contribution < -0.4 is 10.6 Å². The van der Waals surface area contributed by atoms with Gasteiger partial charge in [-0.1, -0.05) is 26.0 Å². The fourth-order valence-electron chi connectivity index (χ4n) is 1.71. The molecule has 0 saturated heterocycles. The number of para-hydroxylation sites is 1. The Labute approximate surface area is 130 Å². The summed E-state index contributed by atoms with van der Waals surface area (Å²) >= 11 is 0. The van der Waals surface area contributed by atoms with Crippen LogP contribution in [0.25, 0.3) is 0 Å². The molecule has 0 radical (unpaired) electrons. The van der Waals surface area contributed by atoms with Gasteiger partial charge in [0.2, 0.25) is 0 Å². The molecule has 6 heteroatoms. The molecule has 1 rings (SSSR count). The van der Waals surface area contributed by atoms with Gasteiger partial charge in [-0.3, -0.25) is 9.59 Å². The molecule has 120 valence electrons. The van der Waals surface area contributed by atoms with E-state index in [2.05, 4.69) is 10.6 Å².